The van der Waals surface area contributed by atoms with Gasteiger partial charge in [-0.05, 0) is 13.0 Å². The third kappa shape index (κ3) is 2.79. The molecule has 2 aromatic heterocycles. The molecule has 88 valence electrons. The van der Waals surface area contributed by atoms with Gasteiger partial charge >= 0.3 is 0 Å². The Balaban J connectivity index is 2.13. The maximum atomic E-state index is 11.2. The Kier molecular flexibility index (Phi) is 3.34. The Morgan fingerprint density at radius 1 is 1.47 bits per heavy atom. The second-order valence-electron chi connectivity index (χ2n) is 3.34. The number of anilines is 1. The number of nitrogens with one attached hydrogen (secondary N) is 2. The third-order valence-electron chi connectivity index (χ3n) is 2.07. The van der Waals surface area contributed by atoms with Crippen molar-refractivity contribution in [3.05, 3.63) is 45.5 Å². The van der Waals surface area contributed by atoms with Crippen LogP contribution in [0.3, 0.4) is 0 Å². The number of aromatic nitrogens is 4. The number of rotatable bonds is 3. The Hall–Kier alpha value is -1.95. The Morgan fingerprint density at radius 2 is 2.29 bits per heavy atom. The number of aromatic amines is 1. The molecular weight excluding hydrogens is 242 g/mol. The van der Waals surface area contributed by atoms with Crippen LogP contribution in [0.25, 0.3) is 0 Å². The van der Waals surface area contributed by atoms with Gasteiger partial charge in [0.2, 0.25) is 0 Å². The van der Waals surface area contributed by atoms with Crippen molar-refractivity contribution in [2.45, 2.75) is 13.5 Å². The first-order valence-corrected chi connectivity index (χ1v) is 5.30. The smallest absolute Gasteiger partial charge is 0.271 e. The largest absolute Gasteiger partial charge is 0.363 e. The monoisotopic (exact) mass is 251 g/mol. The molecule has 0 bridgehead atoms. The fourth-order valence-corrected chi connectivity index (χ4v) is 1.45. The number of halogens is 1. The molecule has 0 saturated carbocycles. The number of H-pyrrole nitrogens is 1. The molecule has 7 heteroatoms. The van der Waals surface area contributed by atoms with Gasteiger partial charge in [-0.1, -0.05) is 11.6 Å². The highest BCUT2D eigenvalue weighted by Gasteiger charge is 2.05. The number of aryl methyl sites for hydroxylation is 1. The topological polar surface area (TPSA) is 83.6 Å². The number of nitrogens with zero attached hydrogens (tertiary/aromatic N) is 3. The summed E-state index contributed by atoms with van der Waals surface area (Å²) in [5.74, 6) is 1.03. The van der Waals surface area contributed by atoms with Crippen LogP contribution in [0, 0.1) is 6.92 Å². The highest BCUT2D eigenvalue weighted by atomic mass is 35.5. The highest BCUT2D eigenvalue weighted by Crippen LogP contribution is 2.12. The van der Waals surface area contributed by atoms with E-state index in [1.807, 2.05) is 6.92 Å². The summed E-state index contributed by atoms with van der Waals surface area (Å²) in [4.78, 5) is 25.7. The van der Waals surface area contributed by atoms with E-state index in [1.54, 1.807) is 12.3 Å². The number of hydrogen-bond acceptors (Lipinski definition) is 5. The summed E-state index contributed by atoms with van der Waals surface area (Å²) in [6.45, 7) is 2.24. The van der Waals surface area contributed by atoms with E-state index in [4.69, 9.17) is 11.6 Å². The van der Waals surface area contributed by atoms with Crippen molar-refractivity contribution < 1.29 is 0 Å². The molecule has 0 fully saturated rings. The summed E-state index contributed by atoms with van der Waals surface area (Å²) in [7, 11) is 0. The lowest BCUT2D eigenvalue weighted by Crippen LogP contribution is -2.12. The lowest BCUT2D eigenvalue weighted by molar-refractivity contribution is 0.946. The molecule has 2 rings (SSSR count). The van der Waals surface area contributed by atoms with Crippen molar-refractivity contribution in [3.63, 3.8) is 0 Å². The van der Waals surface area contributed by atoms with E-state index in [0.717, 1.165) is 5.69 Å². The predicted octanol–water partition coefficient (Wildman–Crippen LogP) is 1.13. The molecule has 2 heterocycles. The first-order chi connectivity index (χ1) is 8.16. The Labute approximate surface area is 102 Å². The SMILES string of the molecule is Cc1nccc(CNc2nc[nH]c(=O)c2Cl)n1. The standard InChI is InChI=1S/C10H10ClN5O/c1-6-12-3-2-7(16-6)4-13-9-8(11)10(17)15-5-14-9/h2-3,5H,4H2,1H3,(H2,13,14,15,17). The van der Waals surface area contributed by atoms with Crippen LogP contribution in [0.1, 0.15) is 11.5 Å². The zero-order chi connectivity index (χ0) is 12.3. The van der Waals surface area contributed by atoms with E-state index < -0.39 is 0 Å². The fourth-order valence-electron chi connectivity index (χ4n) is 1.28. The van der Waals surface area contributed by atoms with E-state index >= 15 is 0 Å². The molecule has 0 aliphatic carbocycles. The molecule has 0 aliphatic rings. The zero-order valence-electron chi connectivity index (χ0n) is 9.07. The van der Waals surface area contributed by atoms with E-state index in [-0.39, 0.29) is 10.6 Å². The van der Waals surface area contributed by atoms with Crippen molar-refractivity contribution in [2.75, 3.05) is 5.32 Å². The quantitative estimate of drug-likeness (QED) is 0.855. The van der Waals surface area contributed by atoms with Crippen LogP contribution in [0.2, 0.25) is 5.02 Å². The van der Waals surface area contributed by atoms with E-state index in [2.05, 4.69) is 25.3 Å². The van der Waals surface area contributed by atoms with Crippen LogP contribution in [-0.4, -0.2) is 19.9 Å². The minimum Gasteiger partial charge on any atom is -0.363 e. The van der Waals surface area contributed by atoms with Gasteiger partial charge < -0.3 is 10.3 Å². The molecule has 0 atom stereocenters. The van der Waals surface area contributed by atoms with Gasteiger partial charge in [-0.15, -0.1) is 0 Å². The maximum absolute atomic E-state index is 11.2. The van der Waals surface area contributed by atoms with E-state index in [0.29, 0.717) is 18.2 Å². The van der Waals surface area contributed by atoms with Crippen LogP contribution in [0.5, 0.6) is 0 Å². The van der Waals surface area contributed by atoms with Crippen molar-refractivity contribution in [2.24, 2.45) is 0 Å². The maximum Gasteiger partial charge on any atom is 0.271 e. The average molecular weight is 252 g/mol. The van der Waals surface area contributed by atoms with Gasteiger partial charge in [0.25, 0.3) is 5.56 Å². The van der Waals surface area contributed by atoms with Gasteiger partial charge in [-0.2, -0.15) is 0 Å². The molecule has 17 heavy (non-hydrogen) atoms. The summed E-state index contributed by atoms with van der Waals surface area (Å²) in [5, 5.41) is 2.98. The molecule has 0 amide bonds. The van der Waals surface area contributed by atoms with Crippen molar-refractivity contribution in [3.8, 4) is 0 Å². The molecule has 6 nitrogen and oxygen atoms in total. The second-order valence-corrected chi connectivity index (χ2v) is 3.72. The van der Waals surface area contributed by atoms with Crippen LogP contribution in [0.15, 0.2) is 23.4 Å². The van der Waals surface area contributed by atoms with Crippen molar-refractivity contribution in [1.29, 1.82) is 0 Å². The predicted molar refractivity (Wildman–Crippen MR) is 64.0 cm³/mol. The zero-order valence-corrected chi connectivity index (χ0v) is 9.82. The molecule has 0 aromatic carbocycles. The molecule has 0 aliphatic heterocycles. The normalized spacial score (nSPS) is 10.2. The Morgan fingerprint density at radius 3 is 3.06 bits per heavy atom. The molecule has 0 unspecified atom stereocenters. The fraction of sp³-hybridized carbons (Fsp3) is 0.200. The minimum absolute atomic E-state index is 0.0401. The lowest BCUT2D eigenvalue weighted by Gasteiger charge is -2.05. The summed E-state index contributed by atoms with van der Waals surface area (Å²) in [5.41, 5.74) is 0.429. The van der Waals surface area contributed by atoms with Gasteiger partial charge in [-0.25, -0.2) is 15.0 Å². The van der Waals surface area contributed by atoms with Gasteiger partial charge in [0.15, 0.2) is 5.82 Å². The van der Waals surface area contributed by atoms with Gasteiger partial charge in [0.05, 0.1) is 18.6 Å². The van der Waals surface area contributed by atoms with Crippen LogP contribution in [0.4, 0.5) is 5.82 Å². The van der Waals surface area contributed by atoms with Crippen LogP contribution >= 0.6 is 11.6 Å². The average Bonchev–Trinajstić information content (AvgIpc) is 2.31. The van der Waals surface area contributed by atoms with Gasteiger partial charge in [-0.3, -0.25) is 4.79 Å². The number of hydrogen-bond donors (Lipinski definition) is 2. The van der Waals surface area contributed by atoms with Crippen molar-refractivity contribution in [1.82, 2.24) is 19.9 Å². The summed E-state index contributed by atoms with van der Waals surface area (Å²) >= 11 is 5.79. The van der Waals surface area contributed by atoms with E-state index in [1.165, 1.54) is 6.33 Å². The molecule has 2 aromatic rings. The van der Waals surface area contributed by atoms with Crippen LogP contribution in [-0.2, 0) is 6.54 Å². The third-order valence-corrected chi connectivity index (χ3v) is 2.42. The van der Waals surface area contributed by atoms with Crippen LogP contribution < -0.4 is 10.9 Å². The molecular formula is C10H10ClN5O. The van der Waals surface area contributed by atoms with Gasteiger partial charge in [0.1, 0.15) is 10.8 Å². The molecule has 0 spiro atoms. The first kappa shape index (κ1) is 11.5. The van der Waals surface area contributed by atoms with Gasteiger partial charge in [0, 0.05) is 6.20 Å². The summed E-state index contributed by atoms with van der Waals surface area (Å²) in [6.07, 6.45) is 2.97. The molecule has 0 saturated heterocycles. The highest BCUT2D eigenvalue weighted by molar-refractivity contribution is 6.32. The lowest BCUT2D eigenvalue weighted by atomic mass is 10.4. The van der Waals surface area contributed by atoms with E-state index in [9.17, 15) is 4.79 Å². The first-order valence-electron chi connectivity index (χ1n) is 4.92. The van der Waals surface area contributed by atoms with Crippen molar-refractivity contribution >= 4 is 17.4 Å². The second kappa shape index (κ2) is 4.92. The summed E-state index contributed by atoms with van der Waals surface area (Å²) < 4.78 is 0. The molecule has 0 radical (unpaired) electrons. The minimum atomic E-state index is -0.372. The molecule has 2 N–H and O–H groups in total. The summed E-state index contributed by atoms with van der Waals surface area (Å²) in [6, 6.07) is 1.78. The Bertz CT molecular complexity index is 583.